The normalized spacial score (nSPS) is 9.53. The number of hydrogen-bond acceptors (Lipinski definition) is 1. The van der Waals surface area contributed by atoms with E-state index in [1.807, 2.05) is 24.3 Å². The number of rotatable bonds is 8. The molecular weight excluding hydrogens is 237 g/mol. The van der Waals surface area contributed by atoms with E-state index in [4.69, 9.17) is 14.4 Å². The molecule has 0 aliphatic heterocycles. The van der Waals surface area contributed by atoms with Gasteiger partial charge in [0.15, 0.2) is 0 Å². The van der Waals surface area contributed by atoms with E-state index in [1.54, 1.807) is 0 Å². The third-order valence-corrected chi connectivity index (χ3v) is 2.07. The van der Waals surface area contributed by atoms with Crippen molar-refractivity contribution in [1.29, 1.82) is 0 Å². The molecule has 0 atom stereocenters. The molecule has 5 heteroatoms. The summed E-state index contributed by atoms with van der Waals surface area (Å²) in [5, 5.41) is 0. The Morgan fingerprint density at radius 1 is 0.824 bits per heavy atom. The van der Waals surface area contributed by atoms with Crippen molar-refractivity contribution in [2.24, 2.45) is 0 Å². The van der Waals surface area contributed by atoms with Crippen LogP contribution < -0.4 is 0 Å². The zero-order chi connectivity index (χ0) is 13.7. The van der Waals surface area contributed by atoms with Crippen LogP contribution in [0.25, 0.3) is 0 Å². The van der Waals surface area contributed by atoms with Gasteiger partial charge in [-0.25, -0.2) is 0 Å². The van der Waals surface area contributed by atoms with Gasteiger partial charge in [0.05, 0.1) is 26.2 Å². The SMILES string of the molecule is C=CC[N+](CC=C)(CC=C)CC=C.O=[P+](O)O. The molecule has 0 aromatic rings. The molecule has 17 heavy (non-hydrogen) atoms. The Labute approximate surface area is 104 Å². The van der Waals surface area contributed by atoms with Crippen molar-refractivity contribution in [2.75, 3.05) is 26.2 Å². The lowest BCUT2D eigenvalue weighted by Crippen LogP contribution is -2.48. The van der Waals surface area contributed by atoms with Gasteiger partial charge in [-0.1, -0.05) is 26.3 Å². The second-order valence-electron chi connectivity index (χ2n) is 3.48. The third kappa shape index (κ3) is 11.2. The quantitative estimate of drug-likeness (QED) is 0.399. The maximum Gasteiger partial charge on any atom is 0.692 e. The average molecular weight is 259 g/mol. The highest BCUT2D eigenvalue weighted by Gasteiger charge is 2.20. The van der Waals surface area contributed by atoms with Crippen LogP contribution in [-0.2, 0) is 4.57 Å². The Hall–Kier alpha value is -1.06. The van der Waals surface area contributed by atoms with Gasteiger partial charge in [0.2, 0.25) is 0 Å². The number of nitrogens with zero attached hydrogens (tertiary/aromatic N) is 1. The van der Waals surface area contributed by atoms with Gasteiger partial charge in [-0.2, -0.15) is 0 Å². The summed E-state index contributed by atoms with van der Waals surface area (Å²) in [5.74, 6) is 0. The van der Waals surface area contributed by atoms with Gasteiger partial charge >= 0.3 is 8.25 Å². The summed E-state index contributed by atoms with van der Waals surface area (Å²) in [7, 11) is -2.87. The molecule has 0 saturated carbocycles. The molecule has 0 bridgehead atoms. The summed E-state index contributed by atoms with van der Waals surface area (Å²) in [4.78, 5) is 14.2. The van der Waals surface area contributed by atoms with Gasteiger partial charge < -0.3 is 4.48 Å². The van der Waals surface area contributed by atoms with Gasteiger partial charge in [0.25, 0.3) is 0 Å². The first-order valence-electron chi connectivity index (χ1n) is 5.11. The molecule has 0 rings (SSSR count). The van der Waals surface area contributed by atoms with Gasteiger partial charge in [-0.05, 0) is 24.3 Å². The minimum absolute atomic E-state index is 0.903. The highest BCUT2D eigenvalue weighted by Crippen LogP contribution is 2.07. The van der Waals surface area contributed by atoms with Crippen LogP contribution in [0, 0.1) is 0 Å². The van der Waals surface area contributed by atoms with E-state index < -0.39 is 8.25 Å². The van der Waals surface area contributed by atoms with Crippen LogP contribution in [0.5, 0.6) is 0 Å². The lowest BCUT2D eigenvalue weighted by atomic mass is 10.3. The molecule has 0 aliphatic rings. The van der Waals surface area contributed by atoms with Gasteiger partial charge in [-0.15, -0.1) is 9.79 Å². The third-order valence-electron chi connectivity index (χ3n) is 2.07. The first-order chi connectivity index (χ1) is 7.97. The molecule has 0 heterocycles. The second-order valence-corrected chi connectivity index (χ2v) is 3.98. The summed E-state index contributed by atoms with van der Waals surface area (Å²) in [6.07, 6.45) is 7.76. The van der Waals surface area contributed by atoms with Crippen molar-refractivity contribution in [1.82, 2.24) is 0 Å². The summed E-state index contributed by atoms with van der Waals surface area (Å²) in [6.45, 7) is 18.8. The van der Waals surface area contributed by atoms with E-state index in [9.17, 15) is 0 Å². The molecular formula is C12H22NO3P+2. The van der Waals surface area contributed by atoms with Crippen LogP contribution in [0.4, 0.5) is 0 Å². The molecule has 0 aromatic heterocycles. The van der Waals surface area contributed by atoms with E-state index in [2.05, 4.69) is 26.3 Å². The van der Waals surface area contributed by atoms with Crippen molar-refractivity contribution in [3.63, 3.8) is 0 Å². The molecule has 0 unspecified atom stereocenters. The lowest BCUT2D eigenvalue weighted by molar-refractivity contribution is -0.906. The molecule has 0 fully saturated rings. The van der Waals surface area contributed by atoms with Crippen molar-refractivity contribution in [3.05, 3.63) is 50.6 Å². The maximum atomic E-state index is 8.70. The van der Waals surface area contributed by atoms with Crippen LogP contribution in [-0.4, -0.2) is 40.4 Å². The Morgan fingerprint density at radius 2 is 1.00 bits per heavy atom. The minimum atomic E-state index is -2.87. The van der Waals surface area contributed by atoms with Gasteiger partial charge in [0.1, 0.15) is 0 Å². The molecule has 0 aliphatic carbocycles. The van der Waals surface area contributed by atoms with E-state index >= 15 is 0 Å². The largest absolute Gasteiger partial charge is 0.692 e. The van der Waals surface area contributed by atoms with Crippen molar-refractivity contribution < 1.29 is 18.8 Å². The minimum Gasteiger partial charge on any atom is -0.311 e. The molecule has 0 radical (unpaired) electrons. The van der Waals surface area contributed by atoms with E-state index in [0.717, 1.165) is 30.7 Å². The van der Waals surface area contributed by atoms with E-state index in [-0.39, 0.29) is 0 Å². The second kappa shape index (κ2) is 11.4. The molecule has 0 aromatic carbocycles. The predicted molar refractivity (Wildman–Crippen MR) is 72.6 cm³/mol. The fourth-order valence-corrected chi connectivity index (χ4v) is 1.54. The molecule has 4 nitrogen and oxygen atoms in total. The van der Waals surface area contributed by atoms with Gasteiger partial charge in [-0.3, -0.25) is 0 Å². The van der Waals surface area contributed by atoms with Crippen LogP contribution in [0.2, 0.25) is 0 Å². The molecule has 0 spiro atoms. The first kappa shape index (κ1) is 18.3. The van der Waals surface area contributed by atoms with Crippen molar-refractivity contribution in [2.45, 2.75) is 0 Å². The summed E-state index contributed by atoms with van der Waals surface area (Å²) < 4.78 is 9.61. The fraction of sp³-hybridized carbons (Fsp3) is 0.333. The molecule has 0 amide bonds. The monoisotopic (exact) mass is 259 g/mol. The van der Waals surface area contributed by atoms with Crippen LogP contribution in [0.15, 0.2) is 50.6 Å². The highest BCUT2D eigenvalue weighted by atomic mass is 31.1. The number of quaternary nitrogens is 1. The zero-order valence-electron chi connectivity index (χ0n) is 10.2. The molecule has 0 saturated heterocycles. The highest BCUT2D eigenvalue weighted by molar-refractivity contribution is 7.30. The van der Waals surface area contributed by atoms with E-state index in [1.165, 1.54) is 0 Å². The summed E-state index contributed by atoms with van der Waals surface area (Å²) >= 11 is 0. The van der Waals surface area contributed by atoms with Crippen molar-refractivity contribution >= 4 is 8.25 Å². The smallest absolute Gasteiger partial charge is 0.311 e. The number of hydrogen-bond donors (Lipinski definition) is 2. The van der Waals surface area contributed by atoms with E-state index in [0.29, 0.717) is 0 Å². The standard InChI is InChI=1S/C12H20N.HO3P/c1-5-9-13(10-6-2,11-7-3)12-8-4;1-4(2)3/h5-8H,1-4,9-12H2;(H-,1,2,3)/q+1;/p+1. The summed E-state index contributed by atoms with van der Waals surface area (Å²) in [6, 6.07) is 0. The Morgan fingerprint density at radius 3 is 1.12 bits per heavy atom. The zero-order valence-corrected chi connectivity index (χ0v) is 11.1. The van der Waals surface area contributed by atoms with Crippen LogP contribution >= 0.6 is 8.25 Å². The first-order valence-corrected chi connectivity index (χ1v) is 6.28. The Kier molecular flexibility index (Phi) is 12.3. The molecule has 2 N–H and O–H groups in total. The van der Waals surface area contributed by atoms with Crippen LogP contribution in [0.1, 0.15) is 0 Å². The van der Waals surface area contributed by atoms with Crippen LogP contribution in [0.3, 0.4) is 0 Å². The van der Waals surface area contributed by atoms with Gasteiger partial charge in [0, 0.05) is 4.57 Å². The topological polar surface area (TPSA) is 57.5 Å². The summed E-state index contributed by atoms with van der Waals surface area (Å²) in [5.41, 5.74) is 0. The predicted octanol–water partition coefficient (Wildman–Crippen LogP) is 2.18. The van der Waals surface area contributed by atoms with Crippen molar-refractivity contribution in [3.8, 4) is 0 Å². The fourth-order valence-electron chi connectivity index (χ4n) is 1.54. The maximum absolute atomic E-state index is 8.70. The lowest BCUT2D eigenvalue weighted by Gasteiger charge is -2.35. The Balaban J connectivity index is 0. The Bertz CT molecular complexity index is 227. The molecule has 96 valence electrons. The average Bonchev–Trinajstić information content (AvgIpc) is 2.18.